The summed E-state index contributed by atoms with van der Waals surface area (Å²) in [5, 5.41) is 6.09. The maximum absolute atomic E-state index is 5.71. The van der Waals surface area contributed by atoms with Crippen LogP contribution in [0.3, 0.4) is 0 Å². The van der Waals surface area contributed by atoms with E-state index in [0.717, 1.165) is 44.1 Å². The van der Waals surface area contributed by atoms with Crippen LogP contribution < -0.4 is 5.32 Å². The van der Waals surface area contributed by atoms with Crippen molar-refractivity contribution in [1.82, 2.24) is 20.1 Å². The summed E-state index contributed by atoms with van der Waals surface area (Å²) in [6.45, 7) is 10.8. The molecule has 1 saturated heterocycles. The van der Waals surface area contributed by atoms with Crippen molar-refractivity contribution in [3.63, 3.8) is 0 Å². The Balaban J connectivity index is 1.63. The van der Waals surface area contributed by atoms with Crippen LogP contribution in [0.4, 0.5) is 0 Å². The van der Waals surface area contributed by atoms with Gasteiger partial charge >= 0.3 is 0 Å². The topological polar surface area (TPSA) is 34.3 Å². The van der Waals surface area contributed by atoms with E-state index >= 15 is 0 Å². The van der Waals surface area contributed by atoms with E-state index in [9.17, 15) is 0 Å². The summed E-state index contributed by atoms with van der Waals surface area (Å²) in [4.78, 5) is 8.45. The molecule has 1 fully saturated rings. The van der Waals surface area contributed by atoms with Gasteiger partial charge in [0.25, 0.3) is 0 Å². The van der Waals surface area contributed by atoms with Crippen molar-refractivity contribution in [2.75, 3.05) is 26.2 Å². The van der Waals surface area contributed by atoms with Crippen molar-refractivity contribution in [3.8, 4) is 0 Å². The molecule has 2 N–H and O–H groups in total. The molecule has 5 heteroatoms. The molecule has 0 amide bonds. The Hall–Kier alpha value is -1.59. The number of hydrogen-bond acceptors (Lipinski definition) is 2. The highest BCUT2D eigenvalue weighted by molar-refractivity contribution is 7.80. The van der Waals surface area contributed by atoms with E-state index in [1.165, 1.54) is 28.5 Å². The molecule has 1 aliphatic heterocycles. The molecule has 2 aromatic rings. The molecule has 2 aliphatic rings. The Bertz CT molecular complexity index is 810. The van der Waals surface area contributed by atoms with Crippen LogP contribution in [0.5, 0.6) is 0 Å². The van der Waals surface area contributed by atoms with Crippen LogP contribution in [0, 0.1) is 0 Å². The molecule has 1 aliphatic carbocycles. The largest absolute Gasteiger partial charge is 0.361 e. The fraction of sp³-hybridized carbons (Fsp3) is 0.591. The zero-order valence-electron chi connectivity index (χ0n) is 16.8. The lowest BCUT2D eigenvalue weighted by Crippen LogP contribution is -2.57. The van der Waals surface area contributed by atoms with E-state index in [1.54, 1.807) is 0 Å². The standard InChI is InChI=1S/C22H32N4S/c1-4-10-26-14-16(24-22(27)25(5-2)6-3)12-18-17-8-7-9-19-21(17)15(13-23-19)11-20(18)26/h7-9,13,16,18,20,23H,4-6,10-12,14H2,1-3H3,(H,24,27)/t16-,18?,20+/m0/s1. The summed E-state index contributed by atoms with van der Waals surface area (Å²) >= 11 is 5.71. The monoisotopic (exact) mass is 384 g/mol. The molecular weight excluding hydrogens is 352 g/mol. The number of thiocarbonyl (C=S) groups is 1. The molecule has 4 nitrogen and oxygen atoms in total. The highest BCUT2D eigenvalue weighted by atomic mass is 32.1. The Morgan fingerprint density at radius 2 is 2.11 bits per heavy atom. The Labute approximate surface area is 168 Å². The van der Waals surface area contributed by atoms with Gasteiger partial charge in [-0.05, 0) is 69.1 Å². The highest BCUT2D eigenvalue weighted by Gasteiger charge is 2.40. The summed E-state index contributed by atoms with van der Waals surface area (Å²) in [6.07, 6.45) is 5.75. The van der Waals surface area contributed by atoms with Crippen LogP contribution in [0.1, 0.15) is 50.7 Å². The molecule has 1 unspecified atom stereocenters. The van der Waals surface area contributed by atoms with Gasteiger partial charge in [-0.3, -0.25) is 4.90 Å². The predicted octanol–water partition coefficient (Wildman–Crippen LogP) is 3.88. The molecule has 0 saturated carbocycles. The van der Waals surface area contributed by atoms with Crippen molar-refractivity contribution in [2.45, 2.75) is 58.0 Å². The van der Waals surface area contributed by atoms with E-state index < -0.39 is 0 Å². The predicted molar refractivity (Wildman–Crippen MR) is 117 cm³/mol. The second-order valence-corrected chi connectivity index (χ2v) is 8.40. The number of benzene rings is 1. The minimum absolute atomic E-state index is 0.418. The van der Waals surface area contributed by atoms with Crippen LogP contribution in [0.25, 0.3) is 10.9 Å². The SMILES string of the molecule is CCCN1C[C@@H](NC(=S)N(CC)CC)CC2c3cccc4[nH]cc(c34)C[C@H]21. The number of rotatable bonds is 5. The minimum atomic E-state index is 0.418. The number of nitrogens with one attached hydrogen (secondary N) is 2. The molecule has 1 aromatic carbocycles. The fourth-order valence-corrected chi connectivity index (χ4v) is 5.65. The van der Waals surface area contributed by atoms with Crippen molar-refractivity contribution in [2.24, 2.45) is 0 Å². The first-order valence-electron chi connectivity index (χ1n) is 10.5. The molecule has 146 valence electrons. The molecule has 4 rings (SSSR count). The zero-order valence-corrected chi connectivity index (χ0v) is 17.6. The number of aromatic nitrogens is 1. The fourth-order valence-electron chi connectivity index (χ4n) is 5.22. The molecule has 3 atom stereocenters. The summed E-state index contributed by atoms with van der Waals surface area (Å²) in [6, 6.07) is 7.80. The van der Waals surface area contributed by atoms with Gasteiger partial charge in [0, 0.05) is 54.7 Å². The summed E-state index contributed by atoms with van der Waals surface area (Å²) in [7, 11) is 0. The Kier molecular flexibility index (Phi) is 5.42. The van der Waals surface area contributed by atoms with Gasteiger partial charge in [-0.2, -0.15) is 0 Å². The number of hydrogen-bond donors (Lipinski definition) is 2. The van der Waals surface area contributed by atoms with E-state index in [2.05, 4.69) is 65.3 Å². The highest BCUT2D eigenvalue weighted by Crippen LogP contribution is 2.43. The number of aromatic amines is 1. The van der Waals surface area contributed by atoms with Gasteiger partial charge in [0.05, 0.1) is 0 Å². The third-order valence-electron chi connectivity index (χ3n) is 6.46. The van der Waals surface area contributed by atoms with Gasteiger partial charge in [0.2, 0.25) is 0 Å². The molecule has 1 aromatic heterocycles. The van der Waals surface area contributed by atoms with E-state index in [4.69, 9.17) is 12.2 Å². The number of nitrogens with zero attached hydrogens (tertiary/aromatic N) is 2. The van der Waals surface area contributed by atoms with Gasteiger partial charge < -0.3 is 15.2 Å². The average Bonchev–Trinajstić information content (AvgIpc) is 3.08. The van der Waals surface area contributed by atoms with Gasteiger partial charge in [-0.1, -0.05) is 19.1 Å². The average molecular weight is 385 g/mol. The number of likely N-dealkylation sites (tertiary alicyclic amines) is 1. The molecule has 0 spiro atoms. The van der Waals surface area contributed by atoms with Crippen molar-refractivity contribution in [1.29, 1.82) is 0 Å². The summed E-state index contributed by atoms with van der Waals surface area (Å²) in [5.41, 5.74) is 4.31. The summed E-state index contributed by atoms with van der Waals surface area (Å²) in [5.74, 6) is 0.578. The van der Waals surface area contributed by atoms with Crippen molar-refractivity contribution < 1.29 is 0 Å². The van der Waals surface area contributed by atoms with Crippen LogP contribution in [0.15, 0.2) is 24.4 Å². The van der Waals surface area contributed by atoms with Gasteiger partial charge in [-0.15, -0.1) is 0 Å². The van der Waals surface area contributed by atoms with Crippen LogP contribution in [-0.4, -0.2) is 58.2 Å². The zero-order chi connectivity index (χ0) is 19.0. The Morgan fingerprint density at radius 3 is 2.85 bits per heavy atom. The lowest BCUT2D eigenvalue weighted by molar-refractivity contribution is 0.104. The second kappa shape index (κ2) is 7.80. The van der Waals surface area contributed by atoms with Gasteiger partial charge in [0.1, 0.15) is 0 Å². The quantitative estimate of drug-likeness (QED) is 0.767. The van der Waals surface area contributed by atoms with Crippen molar-refractivity contribution in [3.05, 3.63) is 35.5 Å². The Morgan fingerprint density at radius 1 is 1.30 bits per heavy atom. The second-order valence-electron chi connectivity index (χ2n) is 8.01. The van der Waals surface area contributed by atoms with Crippen LogP contribution in [0.2, 0.25) is 0 Å². The first-order valence-corrected chi connectivity index (χ1v) is 10.9. The number of H-pyrrole nitrogens is 1. The molecule has 27 heavy (non-hydrogen) atoms. The first-order chi connectivity index (χ1) is 13.2. The summed E-state index contributed by atoms with van der Waals surface area (Å²) < 4.78 is 0. The van der Waals surface area contributed by atoms with Gasteiger partial charge in [0.15, 0.2) is 5.11 Å². The third-order valence-corrected chi connectivity index (χ3v) is 6.84. The molecule has 0 radical (unpaired) electrons. The van der Waals surface area contributed by atoms with Crippen molar-refractivity contribution >= 4 is 28.2 Å². The van der Waals surface area contributed by atoms with Gasteiger partial charge in [-0.25, -0.2) is 0 Å². The lowest BCUT2D eigenvalue weighted by atomic mass is 9.74. The van der Waals surface area contributed by atoms with E-state index in [0.29, 0.717) is 18.0 Å². The van der Waals surface area contributed by atoms with E-state index in [-0.39, 0.29) is 0 Å². The molecule has 2 heterocycles. The minimum Gasteiger partial charge on any atom is -0.361 e. The lowest BCUT2D eigenvalue weighted by Gasteiger charge is -2.47. The molecule has 0 bridgehead atoms. The first kappa shape index (κ1) is 18.8. The third kappa shape index (κ3) is 3.36. The van der Waals surface area contributed by atoms with Crippen LogP contribution >= 0.6 is 12.2 Å². The normalized spacial score (nSPS) is 24.6. The number of fused-ring (bicyclic) bond motifs is 2. The van der Waals surface area contributed by atoms with E-state index in [1.807, 2.05) is 0 Å². The maximum Gasteiger partial charge on any atom is 0.169 e. The smallest absolute Gasteiger partial charge is 0.169 e. The molecular formula is C22H32N4S. The maximum atomic E-state index is 5.71. The number of piperidine rings is 1. The van der Waals surface area contributed by atoms with Crippen LogP contribution in [-0.2, 0) is 6.42 Å².